The van der Waals surface area contributed by atoms with Gasteiger partial charge in [0.15, 0.2) is 0 Å². The van der Waals surface area contributed by atoms with Gasteiger partial charge in [0.25, 0.3) is 0 Å². The Bertz CT molecular complexity index is 402. The SMILES string of the molecule is Br.Br.NC[C@@H]1c2nc(F)ccc2OC12CC2.O. The van der Waals surface area contributed by atoms with Crippen LogP contribution in [0.2, 0.25) is 0 Å². The lowest BCUT2D eigenvalue weighted by molar-refractivity contribution is 0.184. The van der Waals surface area contributed by atoms with Gasteiger partial charge < -0.3 is 15.9 Å². The van der Waals surface area contributed by atoms with Gasteiger partial charge >= 0.3 is 0 Å². The molecule has 4 N–H and O–H groups in total. The van der Waals surface area contributed by atoms with Crippen molar-refractivity contribution in [3.05, 3.63) is 23.8 Å². The van der Waals surface area contributed by atoms with Gasteiger partial charge in [-0.15, -0.1) is 34.0 Å². The summed E-state index contributed by atoms with van der Waals surface area (Å²) in [5.74, 6) is 0.330. The predicted molar refractivity (Wildman–Crippen MR) is 72.8 cm³/mol. The second-order valence-corrected chi connectivity index (χ2v) is 3.97. The van der Waals surface area contributed by atoms with E-state index >= 15 is 0 Å². The topological polar surface area (TPSA) is 79.6 Å². The first-order chi connectivity index (χ1) is 6.75. The first kappa shape index (κ1) is 16.8. The molecule has 0 radical (unpaired) electrons. The summed E-state index contributed by atoms with van der Waals surface area (Å²) in [7, 11) is 0. The molecule has 1 spiro atoms. The second kappa shape index (κ2) is 5.60. The molecule has 1 aliphatic heterocycles. The van der Waals surface area contributed by atoms with E-state index in [9.17, 15) is 4.39 Å². The van der Waals surface area contributed by atoms with E-state index in [0.29, 0.717) is 18.0 Å². The fraction of sp³-hybridized carbons (Fsp3) is 0.500. The lowest BCUT2D eigenvalue weighted by Crippen LogP contribution is -2.27. The third kappa shape index (κ3) is 2.47. The molecule has 1 aromatic rings. The van der Waals surface area contributed by atoms with Crippen molar-refractivity contribution >= 4 is 34.0 Å². The first-order valence-electron chi connectivity index (χ1n) is 4.81. The summed E-state index contributed by atoms with van der Waals surface area (Å²) in [6, 6.07) is 2.97. The van der Waals surface area contributed by atoms with E-state index < -0.39 is 5.95 Å². The zero-order valence-corrected chi connectivity index (χ0v) is 12.4. The van der Waals surface area contributed by atoms with Gasteiger partial charge in [-0.2, -0.15) is 4.39 Å². The molecular weight excluding hydrogens is 359 g/mol. The van der Waals surface area contributed by atoms with Crippen molar-refractivity contribution in [1.82, 2.24) is 4.98 Å². The number of nitrogens with two attached hydrogens (primary N) is 1. The standard InChI is InChI=1S/C10H11FN2O.2BrH.H2O/c11-8-2-1-7-9(13-8)6(5-12)10(14-7)3-4-10;;;/h1-2,6H,3-5,12H2;2*1H;1H2/t6-;;;/m1.../s1. The van der Waals surface area contributed by atoms with Gasteiger partial charge in [-0.25, -0.2) is 4.98 Å². The van der Waals surface area contributed by atoms with E-state index in [2.05, 4.69) is 4.98 Å². The summed E-state index contributed by atoms with van der Waals surface area (Å²) in [4.78, 5) is 3.87. The normalized spacial score (nSPS) is 21.4. The van der Waals surface area contributed by atoms with Crippen LogP contribution in [-0.4, -0.2) is 22.6 Å². The number of ether oxygens (including phenoxy) is 1. The molecule has 2 aliphatic rings. The maximum Gasteiger partial charge on any atom is 0.213 e. The average Bonchev–Trinajstić information content (AvgIpc) is 2.83. The maximum atomic E-state index is 12.9. The molecule has 3 rings (SSSR count). The molecule has 0 saturated heterocycles. The van der Waals surface area contributed by atoms with Crippen LogP contribution in [0.3, 0.4) is 0 Å². The number of rotatable bonds is 1. The van der Waals surface area contributed by atoms with Gasteiger partial charge in [-0.3, -0.25) is 0 Å². The predicted octanol–water partition coefficient (Wildman–Crippen LogP) is 1.52. The second-order valence-electron chi connectivity index (χ2n) is 3.97. The van der Waals surface area contributed by atoms with Crippen LogP contribution in [0.15, 0.2) is 12.1 Å². The highest BCUT2D eigenvalue weighted by Crippen LogP contribution is 2.56. The van der Waals surface area contributed by atoms with Crippen LogP contribution in [0.4, 0.5) is 4.39 Å². The van der Waals surface area contributed by atoms with Crippen molar-refractivity contribution in [1.29, 1.82) is 0 Å². The molecule has 1 fully saturated rings. The van der Waals surface area contributed by atoms with Gasteiger partial charge in [-0.1, -0.05) is 0 Å². The molecule has 0 bridgehead atoms. The summed E-state index contributed by atoms with van der Waals surface area (Å²) in [5, 5.41) is 0. The number of pyridine rings is 1. The Kier molecular flexibility index (Phi) is 5.52. The minimum Gasteiger partial charge on any atom is -0.485 e. The third-order valence-corrected chi connectivity index (χ3v) is 3.11. The highest BCUT2D eigenvalue weighted by Gasteiger charge is 2.57. The lowest BCUT2D eigenvalue weighted by Gasteiger charge is -2.14. The summed E-state index contributed by atoms with van der Waals surface area (Å²) in [6.07, 6.45) is 2.01. The van der Waals surface area contributed by atoms with E-state index in [4.69, 9.17) is 10.5 Å². The zero-order chi connectivity index (χ0) is 9.76. The number of nitrogens with zero attached hydrogens (tertiary/aromatic N) is 1. The zero-order valence-electron chi connectivity index (χ0n) is 8.98. The molecule has 0 aromatic carbocycles. The molecule has 2 heterocycles. The van der Waals surface area contributed by atoms with Crippen molar-refractivity contribution in [2.24, 2.45) is 5.73 Å². The minimum absolute atomic E-state index is 0. The van der Waals surface area contributed by atoms with Crippen LogP contribution >= 0.6 is 34.0 Å². The molecule has 7 heteroatoms. The number of aromatic nitrogens is 1. The van der Waals surface area contributed by atoms with Crippen LogP contribution in [0.1, 0.15) is 24.5 Å². The molecule has 0 unspecified atom stereocenters. The van der Waals surface area contributed by atoms with Crippen LogP contribution in [0, 0.1) is 5.95 Å². The summed E-state index contributed by atoms with van der Waals surface area (Å²) >= 11 is 0. The largest absolute Gasteiger partial charge is 0.485 e. The highest BCUT2D eigenvalue weighted by molar-refractivity contribution is 8.93. The molecule has 1 atom stereocenters. The Morgan fingerprint density at radius 2 is 2.06 bits per heavy atom. The molecule has 98 valence electrons. The number of hydrogen-bond donors (Lipinski definition) is 1. The lowest BCUT2D eigenvalue weighted by atomic mass is 9.98. The van der Waals surface area contributed by atoms with Crippen LogP contribution in [0.5, 0.6) is 5.75 Å². The van der Waals surface area contributed by atoms with Crippen molar-refractivity contribution in [3.8, 4) is 5.75 Å². The Hall–Kier alpha value is -0.240. The van der Waals surface area contributed by atoms with Crippen LogP contribution in [-0.2, 0) is 0 Å². The summed E-state index contributed by atoms with van der Waals surface area (Å²) in [6.45, 7) is 0.476. The number of halogens is 3. The average molecular weight is 374 g/mol. The van der Waals surface area contributed by atoms with E-state index in [1.165, 1.54) is 6.07 Å². The highest BCUT2D eigenvalue weighted by atomic mass is 79.9. The minimum atomic E-state index is -0.455. The molecule has 17 heavy (non-hydrogen) atoms. The number of hydrogen-bond acceptors (Lipinski definition) is 3. The summed E-state index contributed by atoms with van der Waals surface area (Å²) < 4.78 is 18.7. The smallest absolute Gasteiger partial charge is 0.213 e. The number of fused-ring (bicyclic) bond motifs is 1. The Balaban J connectivity index is 0.000000853. The quantitative estimate of drug-likeness (QED) is 0.758. The molecule has 1 aromatic heterocycles. The van der Waals surface area contributed by atoms with E-state index in [0.717, 1.165) is 12.8 Å². The molecular formula is C10H15Br2FN2O2. The van der Waals surface area contributed by atoms with E-state index in [-0.39, 0.29) is 51.0 Å². The Morgan fingerprint density at radius 3 is 2.59 bits per heavy atom. The van der Waals surface area contributed by atoms with Crippen molar-refractivity contribution < 1.29 is 14.6 Å². The van der Waals surface area contributed by atoms with Gasteiger partial charge in [-0.05, 0) is 25.0 Å². The third-order valence-electron chi connectivity index (χ3n) is 3.11. The van der Waals surface area contributed by atoms with E-state index in [1.54, 1.807) is 6.07 Å². The molecule has 0 amide bonds. The van der Waals surface area contributed by atoms with Gasteiger partial charge in [0.1, 0.15) is 11.4 Å². The maximum absolute atomic E-state index is 12.9. The first-order valence-corrected chi connectivity index (χ1v) is 4.81. The summed E-state index contributed by atoms with van der Waals surface area (Å²) in [5.41, 5.74) is 6.23. The van der Waals surface area contributed by atoms with Crippen molar-refractivity contribution in [2.75, 3.05) is 6.54 Å². The van der Waals surface area contributed by atoms with Crippen molar-refractivity contribution in [3.63, 3.8) is 0 Å². The Labute approximate surface area is 120 Å². The molecule has 1 saturated carbocycles. The molecule has 1 aliphatic carbocycles. The van der Waals surface area contributed by atoms with Gasteiger partial charge in [0.2, 0.25) is 5.95 Å². The fourth-order valence-corrected chi connectivity index (χ4v) is 2.21. The van der Waals surface area contributed by atoms with Gasteiger partial charge in [0.05, 0.1) is 11.6 Å². The van der Waals surface area contributed by atoms with Crippen molar-refractivity contribution in [2.45, 2.75) is 24.4 Å². The fourth-order valence-electron chi connectivity index (χ4n) is 2.21. The van der Waals surface area contributed by atoms with Crippen LogP contribution in [0.25, 0.3) is 0 Å². The monoisotopic (exact) mass is 372 g/mol. The molecule has 4 nitrogen and oxygen atoms in total. The van der Waals surface area contributed by atoms with E-state index in [1.807, 2.05) is 0 Å². The van der Waals surface area contributed by atoms with Gasteiger partial charge in [0, 0.05) is 6.54 Å². The Morgan fingerprint density at radius 1 is 1.41 bits per heavy atom. The van der Waals surface area contributed by atoms with Crippen LogP contribution < -0.4 is 10.5 Å².